The van der Waals surface area contributed by atoms with E-state index < -0.39 is 0 Å². The molecule has 0 aromatic carbocycles. The van der Waals surface area contributed by atoms with Gasteiger partial charge in [0.25, 0.3) is 0 Å². The average Bonchev–Trinajstić information content (AvgIpc) is 2.83. The Bertz CT molecular complexity index is 489. The highest BCUT2D eigenvalue weighted by molar-refractivity contribution is 9.13. The van der Waals surface area contributed by atoms with E-state index in [2.05, 4.69) is 66.1 Å². The second-order valence-electron chi connectivity index (χ2n) is 3.39. The van der Waals surface area contributed by atoms with Gasteiger partial charge in [0.05, 0.1) is 14.5 Å². The predicted molar refractivity (Wildman–Crippen MR) is 81.6 cm³/mol. The van der Waals surface area contributed by atoms with E-state index >= 15 is 0 Å². The van der Waals surface area contributed by atoms with Crippen LogP contribution in [0.1, 0.15) is 23.6 Å². The van der Waals surface area contributed by atoms with Crippen molar-refractivity contribution in [3.05, 3.63) is 41.8 Å². The summed E-state index contributed by atoms with van der Waals surface area (Å²) in [5.41, 5.74) is 0. The summed E-state index contributed by atoms with van der Waals surface area (Å²) in [6.07, 6.45) is 1.70. The van der Waals surface area contributed by atoms with Crippen molar-refractivity contribution in [2.75, 3.05) is 6.54 Å². The van der Waals surface area contributed by atoms with Crippen LogP contribution in [-0.2, 0) is 0 Å². The zero-order chi connectivity index (χ0) is 12.4. The van der Waals surface area contributed by atoms with E-state index in [1.54, 1.807) is 17.6 Å². The van der Waals surface area contributed by atoms with Crippen LogP contribution in [0.2, 0.25) is 0 Å². The molecule has 92 valence electrons. The molecule has 0 spiro atoms. The molecule has 17 heavy (non-hydrogen) atoms. The number of nitrogens with one attached hydrogen (secondary N) is 1. The summed E-state index contributed by atoms with van der Waals surface area (Å²) in [6, 6.07) is 4.10. The molecule has 1 atom stereocenters. The molecule has 0 aliphatic rings. The Morgan fingerprint density at radius 1 is 1.35 bits per heavy atom. The maximum absolute atomic E-state index is 5.55. The standard InChI is InChI=1S/C11H10Br3NOS/c1-2-15-9(10-6(12)3-4-16-10)8-5-7(13)11(14)17-8/h3-5,9,15H,2H2,1H3. The van der Waals surface area contributed by atoms with Gasteiger partial charge in [-0.25, -0.2) is 0 Å². The smallest absolute Gasteiger partial charge is 0.140 e. The third-order valence-corrected chi connectivity index (χ3v) is 6.24. The zero-order valence-electron chi connectivity index (χ0n) is 8.97. The minimum Gasteiger partial charge on any atom is -0.466 e. The van der Waals surface area contributed by atoms with Gasteiger partial charge in [0.1, 0.15) is 11.8 Å². The first-order valence-corrected chi connectivity index (χ1v) is 8.24. The topological polar surface area (TPSA) is 25.2 Å². The van der Waals surface area contributed by atoms with Crippen LogP contribution in [0.5, 0.6) is 0 Å². The van der Waals surface area contributed by atoms with Crippen molar-refractivity contribution < 1.29 is 4.42 Å². The van der Waals surface area contributed by atoms with Crippen LogP contribution in [0.25, 0.3) is 0 Å². The van der Waals surface area contributed by atoms with Crippen molar-refractivity contribution in [3.8, 4) is 0 Å². The van der Waals surface area contributed by atoms with Crippen molar-refractivity contribution in [1.82, 2.24) is 5.32 Å². The predicted octanol–water partition coefficient (Wildman–Crippen LogP) is 5.33. The molecule has 0 fully saturated rings. The van der Waals surface area contributed by atoms with Crippen LogP contribution in [0.3, 0.4) is 0 Å². The van der Waals surface area contributed by atoms with Gasteiger partial charge in [-0.3, -0.25) is 0 Å². The fourth-order valence-electron chi connectivity index (χ4n) is 1.54. The van der Waals surface area contributed by atoms with Crippen molar-refractivity contribution >= 4 is 59.1 Å². The molecule has 2 heterocycles. The van der Waals surface area contributed by atoms with E-state index in [9.17, 15) is 0 Å². The van der Waals surface area contributed by atoms with Gasteiger partial charge in [-0.15, -0.1) is 11.3 Å². The lowest BCUT2D eigenvalue weighted by atomic mass is 10.2. The minimum absolute atomic E-state index is 0.0805. The molecule has 0 amide bonds. The van der Waals surface area contributed by atoms with Gasteiger partial charge in [0.15, 0.2) is 0 Å². The second kappa shape index (κ2) is 6.02. The first-order chi connectivity index (χ1) is 8.13. The highest BCUT2D eigenvalue weighted by atomic mass is 79.9. The van der Waals surface area contributed by atoms with Crippen molar-refractivity contribution in [2.24, 2.45) is 0 Å². The van der Waals surface area contributed by atoms with Crippen LogP contribution in [0.4, 0.5) is 0 Å². The Morgan fingerprint density at radius 3 is 2.59 bits per heavy atom. The Balaban J connectivity index is 2.39. The largest absolute Gasteiger partial charge is 0.466 e. The van der Waals surface area contributed by atoms with E-state index in [0.717, 1.165) is 25.0 Å². The fraction of sp³-hybridized carbons (Fsp3) is 0.273. The molecule has 2 aromatic heterocycles. The molecule has 1 unspecified atom stereocenters. The number of hydrogen-bond acceptors (Lipinski definition) is 3. The molecular formula is C11H10Br3NOS. The van der Waals surface area contributed by atoms with Crippen LogP contribution < -0.4 is 5.32 Å². The summed E-state index contributed by atoms with van der Waals surface area (Å²) in [5, 5.41) is 3.43. The summed E-state index contributed by atoms with van der Waals surface area (Å²) in [4.78, 5) is 1.21. The van der Waals surface area contributed by atoms with Crippen LogP contribution in [0.15, 0.2) is 35.5 Å². The number of halogens is 3. The van der Waals surface area contributed by atoms with Crippen molar-refractivity contribution in [1.29, 1.82) is 0 Å². The van der Waals surface area contributed by atoms with Crippen LogP contribution in [0, 0.1) is 0 Å². The summed E-state index contributed by atoms with van der Waals surface area (Å²) >= 11 is 12.2. The maximum atomic E-state index is 5.55. The number of hydrogen-bond donors (Lipinski definition) is 1. The Kier molecular flexibility index (Phi) is 4.88. The van der Waals surface area contributed by atoms with Gasteiger partial charge in [0.2, 0.25) is 0 Å². The molecule has 0 saturated carbocycles. The van der Waals surface area contributed by atoms with E-state index in [-0.39, 0.29) is 6.04 Å². The first kappa shape index (κ1) is 13.8. The molecule has 2 rings (SSSR count). The average molecular weight is 444 g/mol. The normalized spacial score (nSPS) is 12.9. The quantitative estimate of drug-likeness (QED) is 0.691. The summed E-state index contributed by atoms with van der Waals surface area (Å²) in [6.45, 7) is 2.96. The van der Waals surface area contributed by atoms with Gasteiger partial charge in [-0.2, -0.15) is 0 Å². The highest BCUT2D eigenvalue weighted by Crippen LogP contribution is 2.39. The first-order valence-electron chi connectivity index (χ1n) is 5.04. The van der Waals surface area contributed by atoms with Crippen molar-refractivity contribution in [2.45, 2.75) is 13.0 Å². The third kappa shape index (κ3) is 3.04. The Morgan fingerprint density at radius 2 is 2.12 bits per heavy atom. The zero-order valence-corrected chi connectivity index (χ0v) is 14.5. The summed E-state index contributed by atoms with van der Waals surface area (Å²) in [7, 11) is 0. The SMILES string of the molecule is CCNC(c1cc(Br)c(Br)s1)c1occc1Br. The molecular weight excluding hydrogens is 434 g/mol. The maximum Gasteiger partial charge on any atom is 0.140 e. The van der Waals surface area contributed by atoms with Gasteiger partial charge < -0.3 is 9.73 Å². The molecule has 6 heteroatoms. The van der Waals surface area contributed by atoms with Gasteiger partial charge in [-0.05, 0) is 66.5 Å². The monoisotopic (exact) mass is 441 g/mol. The molecule has 0 aliphatic carbocycles. The summed E-state index contributed by atoms with van der Waals surface area (Å²) in [5.74, 6) is 0.910. The van der Waals surface area contributed by atoms with E-state index in [4.69, 9.17) is 4.42 Å². The molecule has 0 aliphatic heterocycles. The summed E-state index contributed by atoms with van der Waals surface area (Å²) < 4.78 is 8.71. The van der Waals surface area contributed by atoms with E-state index in [1.807, 2.05) is 6.07 Å². The fourth-order valence-corrected chi connectivity index (χ4v) is 4.14. The molecule has 1 N–H and O–H groups in total. The molecule has 0 radical (unpaired) electrons. The lowest BCUT2D eigenvalue weighted by Gasteiger charge is -2.14. The second-order valence-corrected chi connectivity index (χ2v) is 7.50. The van der Waals surface area contributed by atoms with Crippen LogP contribution in [-0.4, -0.2) is 6.54 Å². The Labute approximate surface area is 129 Å². The van der Waals surface area contributed by atoms with Gasteiger partial charge in [0, 0.05) is 9.35 Å². The lowest BCUT2D eigenvalue weighted by molar-refractivity contribution is 0.453. The van der Waals surface area contributed by atoms with Crippen LogP contribution >= 0.6 is 59.1 Å². The highest BCUT2D eigenvalue weighted by Gasteiger charge is 2.21. The lowest BCUT2D eigenvalue weighted by Crippen LogP contribution is -2.20. The molecule has 0 bridgehead atoms. The Hall–Kier alpha value is 0.380. The van der Waals surface area contributed by atoms with Gasteiger partial charge >= 0.3 is 0 Å². The number of furan rings is 1. The number of thiophene rings is 1. The van der Waals surface area contributed by atoms with E-state index in [1.165, 1.54) is 4.88 Å². The number of rotatable bonds is 4. The van der Waals surface area contributed by atoms with Crippen molar-refractivity contribution in [3.63, 3.8) is 0 Å². The molecule has 0 saturated heterocycles. The minimum atomic E-state index is 0.0805. The van der Waals surface area contributed by atoms with E-state index in [0.29, 0.717) is 0 Å². The molecule has 2 aromatic rings. The third-order valence-electron chi connectivity index (χ3n) is 2.26. The molecule has 2 nitrogen and oxygen atoms in total. The van der Waals surface area contributed by atoms with Gasteiger partial charge in [-0.1, -0.05) is 6.92 Å².